The molecule has 1 saturated carbocycles. The molecule has 0 unspecified atom stereocenters. The maximum atomic E-state index is 11.1. The van der Waals surface area contributed by atoms with Crippen LogP contribution in [0.5, 0.6) is 0 Å². The van der Waals surface area contributed by atoms with Gasteiger partial charge in [-0.15, -0.1) is 0 Å². The molecule has 5 nitrogen and oxygen atoms in total. The van der Waals surface area contributed by atoms with Crippen LogP contribution in [0.1, 0.15) is 32.6 Å². The van der Waals surface area contributed by atoms with E-state index in [9.17, 15) is 4.79 Å². The number of carbonyl (C=O) groups is 1. The number of nitrogens with zero attached hydrogens (tertiary/aromatic N) is 2. The van der Waals surface area contributed by atoms with Gasteiger partial charge in [0.05, 0.1) is 0 Å². The first-order valence-corrected chi connectivity index (χ1v) is 6.13. The first-order chi connectivity index (χ1) is 7.99. The summed E-state index contributed by atoms with van der Waals surface area (Å²) in [6.45, 7) is 3.05. The zero-order valence-electron chi connectivity index (χ0n) is 11.1. The summed E-state index contributed by atoms with van der Waals surface area (Å²) in [6.07, 6.45) is 4.52. The molecule has 6 heteroatoms. The minimum absolute atomic E-state index is 0. The van der Waals surface area contributed by atoms with Crippen LogP contribution in [-0.4, -0.2) is 29.9 Å². The van der Waals surface area contributed by atoms with E-state index in [1.807, 2.05) is 0 Å². The van der Waals surface area contributed by atoms with Gasteiger partial charge in [-0.3, -0.25) is 16.8 Å². The number of nitrogens with two attached hydrogens (primary N) is 2. The quantitative estimate of drug-likeness (QED) is 0.453. The van der Waals surface area contributed by atoms with Gasteiger partial charge >= 0.3 is 0 Å². The van der Waals surface area contributed by atoms with E-state index in [0.717, 1.165) is 38.8 Å². The molecular formula is C12H23N4OY-. The fraction of sp³-hybridized carbons (Fsp3) is 0.750. The third-order valence-electron chi connectivity index (χ3n) is 3.42. The van der Waals surface area contributed by atoms with Crippen LogP contribution in [0.4, 0.5) is 0 Å². The van der Waals surface area contributed by atoms with E-state index in [2.05, 4.69) is 12.0 Å². The van der Waals surface area contributed by atoms with Crippen molar-refractivity contribution >= 4 is 11.9 Å². The van der Waals surface area contributed by atoms with Gasteiger partial charge in [0, 0.05) is 46.2 Å². The number of amides is 1. The maximum absolute atomic E-state index is 11.1. The van der Waals surface area contributed by atoms with Crippen LogP contribution >= 0.6 is 0 Å². The molecule has 1 fully saturated rings. The van der Waals surface area contributed by atoms with Crippen molar-refractivity contribution in [3.05, 3.63) is 7.05 Å². The molecule has 0 aromatic rings. The largest absolute Gasteiger partial charge is 0.496 e. The van der Waals surface area contributed by atoms with Crippen molar-refractivity contribution in [2.24, 2.45) is 28.3 Å². The zero-order valence-corrected chi connectivity index (χ0v) is 14.0. The summed E-state index contributed by atoms with van der Waals surface area (Å²) in [5.41, 5.74) is 10.6. The topological polar surface area (TPSA) is 84.7 Å². The van der Waals surface area contributed by atoms with Crippen molar-refractivity contribution < 1.29 is 37.5 Å². The number of hydrogen-bond donors (Lipinski definition) is 2. The minimum Gasteiger partial charge on any atom is -0.496 e. The second-order valence-electron chi connectivity index (χ2n) is 4.89. The molecule has 0 aromatic heterocycles. The Morgan fingerprint density at radius 2 is 1.78 bits per heavy atom. The van der Waals surface area contributed by atoms with E-state index in [-0.39, 0.29) is 44.6 Å². The Bertz CT molecular complexity index is 284. The van der Waals surface area contributed by atoms with E-state index < -0.39 is 0 Å². The molecule has 0 saturated heterocycles. The molecule has 1 rings (SSSR count). The minimum atomic E-state index is 0. The molecule has 0 aromatic carbocycles. The van der Waals surface area contributed by atoms with Crippen molar-refractivity contribution in [2.75, 3.05) is 13.1 Å². The van der Waals surface area contributed by atoms with Gasteiger partial charge in [0.15, 0.2) is 11.9 Å². The van der Waals surface area contributed by atoms with E-state index in [1.54, 1.807) is 11.8 Å². The Balaban J connectivity index is 0.00000289. The van der Waals surface area contributed by atoms with E-state index in [1.165, 1.54) is 0 Å². The third kappa shape index (κ3) is 6.69. The maximum Gasteiger partial charge on any atom is 0.190 e. The normalized spacial score (nSPS) is 22.8. The summed E-state index contributed by atoms with van der Waals surface area (Å²) in [5, 5.41) is 0. The number of guanidine groups is 1. The molecule has 101 valence electrons. The molecule has 0 spiro atoms. The van der Waals surface area contributed by atoms with Gasteiger partial charge < -0.3 is 16.4 Å². The summed E-state index contributed by atoms with van der Waals surface area (Å²) in [6, 6.07) is 0. The van der Waals surface area contributed by atoms with Gasteiger partial charge in [-0.2, -0.15) is 0 Å². The molecule has 18 heavy (non-hydrogen) atoms. The second kappa shape index (κ2) is 8.86. The van der Waals surface area contributed by atoms with Crippen molar-refractivity contribution in [3.63, 3.8) is 0 Å². The summed E-state index contributed by atoms with van der Waals surface area (Å²) in [7, 11) is 3.74. The third-order valence-corrected chi connectivity index (χ3v) is 3.42. The van der Waals surface area contributed by atoms with Gasteiger partial charge in [0.25, 0.3) is 0 Å². The van der Waals surface area contributed by atoms with Gasteiger partial charge in [0.2, 0.25) is 0 Å². The predicted molar refractivity (Wildman–Crippen MR) is 68.9 cm³/mol. The predicted octanol–water partition coefficient (Wildman–Crippen LogP) is 0.704. The first kappa shape index (κ1) is 17.8. The fourth-order valence-electron chi connectivity index (χ4n) is 2.27. The summed E-state index contributed by atoms with van der Waals surface area (Å²) < 4.78 is 0. The van der Waals surface area contributed by atoms with Crippen molar-refractivity contribution in [3.8, 4) is 0 Å². The number of carbonyl (C=O) groups excluding carboxylic acids is 1. The average Bonchev–Trinajstić information content (AvgIpc) is 2.28. The number of hydrogen-bond acceptors (Lipinski definition) is 2. The zero-order chi connectivity index (χ0) is 12.8. The van der Waals surface area contributed by atoms with Crippen LogP contribution in [0.3, 0.4) is 0 Å². The van der Waals surface area contributed by atoms with Crippen LogP contribution in [0.15, 0.2) is 4.99 Å². The first-order valence-electron chi connectivity index (χ1n) is 6.13. The molecule has 1 aliphatic rings. The number of aliphatic imine (C=N–C) groups is 1. The Labute approximate surface area is 135 Å². The molecule has 4 N–H and O–H groups in total. The van der Waals surface area contributed by atoms with Gasteiger partial charge in [-0.1, -0.05) is 0 Å². The van der Waals surface area contributed by atoms with E-state index >= 15 is 0 Å². The molecule has 0 aliphatic heterocycles. The second-order valence-corrected chi connectivity index (χ2v) is 4.89. The monoisotopic (exact) mass is 328 g/mol. The van der Waals surface area contributed by atoms with Crippen molar-refractivity contribution in [2.45, 2.75) is 32.6 Å². The molecule has 0 heterocycles. The van der Waals surface area contributed by atoms with E-state index in [4.69, 9.17) is 11.5 Å². The molecule has 1 aliphatic carbocycles. The van der Waals surface area contributed by atoms with Crippen LogP contribution in [0.2, 0.25) is 0 Å². The van der Waals surface area contributed by atoms with Gasteiger partial charge in [-0.25, -0.2) is 0 Å². The summed E-state index contributed by atoms with van der Waals surface area (Å²) >= 11 is 0. The Kier molecular flexibility index (Phi) is 8.78. The standard InChI is InChI=1S/C12H23N4O.Y/c1-9(17)16(2)8-11-5-3-10(4-6-11)7-15-12(13)14;/h10-11H,2-8H2,1H3,(H4,13,14,15);/q-1;. The molecule has 1 radical (unpaired) electrons. The Hall–Kier alpha value is -0.156. The van der Waals surface area contributed by atoms with Crippen LogP contribution in [0, 0.1) is 18.9 Å². The molecule has 0 bridgehead atoms. The fourth-order valence-corrected chi connectivity index (χ4v) is 2.27. The smallest absolute Gasteiger partial charge is 0.190 e. The van der Waals surface area contributed by atoms with Crippen LogP contribution in [-0.2, 0) is 37.5 Å². The molecule has 1 amide bonds. The van der Waals surface area contributed by atoms with Crippen LogP contribution < -0.4 is 11.5 Å². The van der Waals surface area contributed by atoms with Crippen LogP contribution in [0.25, 0.3) is 0 Å². The summed E-state index contributed by atoms with van der Waals surface area (Å²) in [4.78, 5) is 16.7. The Morgan fingerprint density at radius 3 is 2.22 bits per heavy atom. The Morgan fingerprint density at radius 1 is 1.28 bits per heavy atom. The number of rotatable bonds is 4. The molecular weight excluding hydrogens is 305 g/mol. The van der Waals surface area contributed by atoms with Gasteiger partial charge in [-0.05, 0) is 44.1 Å². The SMILES string of the molecule is [CH2-]N(CC1CCC(CN=C(N)N)CC1)C(C)=O.[Y]. The van der Waals surface area contributed by atoms with Crippen molar-refractivity contribution in [1.29, 1.82) is 0 Å². The molecule has 0 atom stereocenters. The van der Waals surface area contributed by atoms with Gasteiger partial charge in [0.1, 0.15) is 0 Å². The van der Waals surface area contributed by atoms with E-state index in [0.29, 0.717) is 11.8 Å². The summed E-state index contributed by atoms with van der Waals surface area (Å²) in [5.74, 6) is 1.37. The average molecular weight is 328 g/mol. The van der Waals surface area contributed by atoms with Crippen molar-refractivity contribution in [1.82, 2.24) is 4.90 Å².